The zero-order valence-corrected chi connectivity index (χ0v) is 10.4. The fourth-order valence-corrected chi connectivity index (χ4v) is 1.58. The van der Waals surface area contributed by atoms with Gasteiger partial charge in [-0.2, -0.15) is 0 Å². The average Bonchev–Trinajstić information content (AvgIpc) is 2.27. The van der Waals surface area contributed by atoms with Crippen LogP contribution in [0.2, 0.25) is 0 Å². The molecule has 2 atom stereocenters. The number of carbonyl (C=O) groups is 2. The zero-order valence-electron chi connectivity index (χ0n) is 10.4. The minimum Gasteiger partial charge on any atom is -0.351 e. The standard InChI is InChI=1S/C12H16FN3O2/c1-8(11(17)15-12(14)18)16(2)7-9-4-3-5-10(13)6-9/h3-6,8H,7H2,1-2H3,(H3,14,15,17,18)/p+1/t8-/m1/s1. The van der Waals surface area contributed by atoms with Gasteiger partial charge in [0, 0.05) is 5.56 Å². The Morgan fingerprint density at radius 2 is 2.17 bits per heavy atom. The summed E-state index contributed by atoms with van der Waals surface area (Å²) in [7, 11) is 1.79. The molecule has 1 unspecified atom stereocenters. The van der Waals surface area contributed by atoms with E-state index in [0.717, 1.165) is 10.5 Å². The highest BCUT2D eigenvalue weighted by atomic mass is 19.1. The third kappa shape index (κ3) is 4.14. The van der Waals surface area contributed by atoms with E-state index in [4.69, 9.17) is 5.73 Å². The molecule has 0 aliphatic rings. The predicted molar refractivity (Wildman–Crippen MR) is 64.2 cm³/mol. The Morgan fingerprint density at radius 3 is 2.72 bits per heavy atom. The molecule has 0 fully saturated rings. The second-order valence-corrected chi connectivity index (χ2v) is 4.23. The van der Waals surface area contributed by atoms with Crippen LogP contribution in [-0.2, 0) is 11.3 Å². The molecule has 98 valence electrons. The first-order chi connectivity index (χ1) is 8.40. The van der Waals surface area contributed by atoms with E-state index >= 15 is 0 Å². The average molecular weight is 254 g/mol. The Hall–Kier alpha value is -1.95. The van der Waals surface area contributed by atoms with Crippen LogP contribution in [0, 0.1) is 5.82 Å². The number of nitrogens with one attached hydrogen (secondary N) is 2. The summed E-state index contributed by atoms with van der Waals surface area (Å²) in [6.45, 7) is 2.15. The SMILES string of the molecule is C[C@H](C(=O)NC(N)=O)[NH+](C)Cc1cccc(F)c1. The lowest BCUT2D eigenvalue weighted by atomic mass is 10.2. The van der Waals surface area contributed by atoms with Crippen LogP contribution in [0.5, 0.6) is 0 Å². The van der Waals surface area contributed by atoms with Crippen molar-refractivity contribution >= 4 is 11.9 Å². The molecular formula is C12H17FN3O2+. The molecule has 6 heteroatoms. The van der Waals surface area contributed by atoms with Crippen LogP contribution < -0.4 is 16.0 Å². The Kier molecular flexibility index (Phi) is 4.79. The maximum Gasteiger partial charge on any atom is 0.319 e. The number of quaternary nitrogens is 1. The van der Waals surface area contributed by atoms with Crippen LogP contribution in [0.25, 0.3) is 0 Å². The van der Waals surface area contributed by atoms with E-state index in [1.165, 1.54) is 12.1 Å². The molecule has 18 heavy (non-hydrogen) atoms. The first-order valence-electron chi connectivity index (χ1n) is 5.57. The summed E-state index contributed by atoms with van der Waals surface area (Å²) in [5.74, 6) is -0.758. The quantitative estimate of drug-likeness (QED) is 0.672. The summed E-state index contributed by atoms with van der Waals surface area (Å²) >= 11 is 0. The van der Waals surface area contributed by atoms with E-state index < -0.39 is 18.0 Å². The molecule has 3 amide bonds. The van der Waals surface area contributed by atoms with Crippen molar-refractivity contribution < 1.29 is 18.9 Å². The fraction of sp³-hybridized carbons (Fsp3) is 0.333. The zero-order chi connectivity index (χ0) is 13.7. The second-order valence-electron chi connectivity index (χ2n) is 4.23. The molecule has 0 aromatic heterocycles. The Labute approximate surface area is 105 Å². The lowest BCUT2D eigenvalue weighted by Crippen LogP contribution is -3.12. The van der Waals surface area contributed by atoms with Crippen LogP contribution in [0.4, 0.5) is 9.18 Å². The Morgan fingerprint density at radius 1 is 1.50 bits per heavy atom. The number of urea groups is 1. The van der Waals surface area contributed by atoms with Crippen molar-refractivity contribution in [1.82, 2.24) is 5.32 Å². The lowest BCUT2D eigenvalue weighted by Gasteiger charge is -2.20. The number of benzene rings is 1. The monoisotopic (exact) mass is 254 g/mol. The molecule has 0 radical (unpaired) electrons. The number of halogens is 1. The van der Waals surface area contributed by atoms with Gasteiger partial charge in [0.2, 0.25) is 0 Å². The highest BCUT2D eigenvalue weighted by Gasteiger charge is 2.22. The predicted octanol–water partition coefficient (Wildman–Crippen LogP) is -0.576. The van der Waals surface area contributed by atoms with Gasteiger partial charge in [0.15, 0.2) is 6.04 Å². The van der Waals surface area contributed by atoms with Crippen molar-refractivity contribution in [2.75, 3.05) is 7.05 Å². The van der Waals surface area contributed by atoms with Crippen LogP contribution >= 0.6 is 0 Å². The molecule has 1 rings (SSSR count). The van der Waals surface area contributed by atoms with Crippen molar-refractivity contribution in [1.29, 1.82) is 0 Å². The fourth-order valence-electron chi connectivity index (χ4n) is 1.58. The number of hydrogen-bond acceptors (Lipinski definition) is 2. The third-order valence-electron chi connectivity index (χ3n) is 2.75. The topological polar surface area (TPSA) is 76.6 Å². The molecule has 0 heterocycles. The number of hydrogen-bond donors (Lipinski definition) is 3. The largest absolute Gasteiger partial charge is 0.351 e. The Balaban J connectivity index is 2.62. The molecule has 4 N–H and O–H groups in total. The molecule has 0 saturated carbocycles. The van der Waals surface area contributed by atoms with Crippen LogP contribution in [0.15, 0.2) is 24.3 Å². The second kappa shape index (κ2) is 6.11. The summed E-state index contributed by atoms with van der Waals surface area (Å²) in [4.78, 5) is 22.9. The number of primary amides is 1. The number of likely N-dealkylation sites (N-methyl/N-ethyl adjacent to an activating group) is 1. The number of rotatable bonds is 4. The first kappa shape index (κ1) is 14.1. The molecule has 1 aromatic rings. The van der Waals surface area contributed by atoms with Crippen molar-refractivity contribution in [3.05, 3.63) is 35.6 Å². The van der Waals surface area contributed by atoms with Gasteiger partial charge in [-0.3, -0.25) is 10.1 Å². The summed E-state index contributed by atoms with van der Waals surface area (Å²) in [6.07, 6.45) is 0. The molecule has 5 nitrogen and oxygen atoms in total. The van der Waals surface area contributed by atoms with E-state index in [-0.39, 0.29) is 5.82 Å². The van der Waals surface area contributed by atoms with E-state index in [1.807, 2.05) is 5.32 Å². The van der Waals surface area contributed by atoms with Crippen LogP contribution in [0.3, 0.4) is 0 Å². The summed E-state index contributed by atoms with van der Waals surface area (Å²) in [6, 6.07) is 4.85. The highest BCUT2D eigenvalue weighted by Crippen LogP contribution is 2.01. The van der Waals surface area contributed by atoms with E-state index in [2.05, 4.69) is 0 Å². The highest BCUT2D eigenvalue weighted by molar-refractivity contribution is 5.95. The summed E-state index contributed by atoms with van der Waals surface area (Å²) < 4.78 is 13.0. The maximum absolute atomic E-state index is 13.0. The van der Waals surface area contributed by atoms with Gasteiger partial charge >= 0.3 is 6.03 Å². The lowest BCUT2D eigenvalue weighted by molar-refractivity contribution is -0.908. The van der Waals surface area contributed by atoms with Gasteiger partial charge < -0.3 is 10.6 Å². The van der Waals surface area contributed by atoms with Gasteiger partial charge in [-0.05, 0) is 19.1 Å². The molecule has 0 aliphatic heterocycles. The first-order valence-corrected chi connectivity index (χ1v) is 5.57. The third-order valence-corrected chi connectivity index (χ3v) is 2.75. The van der Waals surface area contributed by atoms with E-state index in [0.29, 0.717) is 6.54 Å². The van der Waals surface area contributed by atoms with Crippen molar-refractivity contribution in [3.63, 3.8) is 0 Å². The summed E-state index contributed by atoms with van der Waals surface area (Å²) in [5.41, 5.74) is 5.66. The van der Waals surface area contributed by atoms with Crippen LogP contribution in [-0.4, -0.2) is 25.0 Å². The Bertz CT molecular complexity index is 451. The molecule has 0 spiro atoms. The molecule has 0 aliphatic carbocycles. The molecule has 0 saturated heterocycles. The van der Waals surface area contributed by atoms with Gasteiger partial charge in [0.25, 0.3) is 5.91 Å². The summed E-state index contributed by atoms with van der Waals surface area (Å²) in [5, 5.41) is 2.03. The minimum absolute atomic E-state index is 0.311. The normalized spacial score (nSPS) is 13.7. The van der Waals surface area contributed by atoms with Crippen molar-refractivity contribution in [2.24, 2.45) is 5.73 Å². The van der Waals surface area contributed by atoms with Gasteiger partial charge in [-0.15, -0.1) is 0 Å². The number of amides is 3. The van der Waals surface area contributed by atoms with Crippen molar-refractivity contribution in [2.45, 2.75) is 19.5 Å². The minimum atomic E-state index is -0.870. The van der Waals surface area contributed by atoms with Gasteiger partial charge in [0.1, 0.15) is 12.4 Å². The number of carbonyl (C=O) groups excluding carboxylic acids is 2. The molecular weight excluding hydrogens is 237 g/mol. The van der Waals surface area contributed by atoms with Crippen molar-refractivity contribution in [3.8, 4) is 0 Å². The van der Waals surface area contributed by atoms with Gasteiger partial charge in [0.05, 0.1) is 7.05 Å². The number of imide groups is 1. The maximum atomic E-state index is 13.0. The van der Waals surface area contributed by atoms with E-state index in [1.54, 1.807) is 26.1 Å². The molecule has 1 aromatic carbocycles. The van der Waals surface area contributed by atoms with Gasteiger partial charge in [-0.1, -0.05) is 12.1 Å². The smallest absolute Gasteiger partial charge is 0.319 e. The number of nitrogens with two attached hydrogens (primary N) is 1. The van der Waals surface area contributed by atoms with E-state index in [9.17, 15) is 14.0 Å². The van der Waals surface area contributed by atoms with Crippen LogP contribution in [0.1, 0.15) is 12.5 Å². The van der Waals surface area contributed by atoms with Gasteiger partial charge in [-0.25, -0.2) is 9.18 Å². The molecule has 0 bridgehead atoms.